The molecule has 3 atom stereocenters. The van der Waals surface area contributed by atoms with Crippen molar-refractivity contribution in [1.82, 2.24) is 15.5 Å². The smallest absolute Gasteiger partial charge is 0.223 e. The lowest BCUT2D eigenvalue weighted by molar-refractivity contribution is -0.127. The molecule has 21 heavy (non-hydrogen) atoms. The first-order valence-electron chi connectivity index (χ1n) is 9.03. The lowest BCUT2D eigenvalue weighted by atomic mass is 9.67. The van der Waals surface area contributed by atoms with Crippen LogP contribution in [-0.4, -0.2) is 50.1 Å². The number of amides is 1. The first-order valence-corrected chi connectivity index (χ1v) is 9.03. The Bertz CT molecular complexity index is 341. The third-order valence-electron chi connectivity index (χ3n) is 5.85. The second-order valence-electron chi connectivity index (χ2n) is 7.20. The van der Waals surface area contributed by atoms with Crippen molar-refractivity contribution in [2.75, 3.05) is 39.3 Å². The molecular weight excluding hydrogens is 262 g/mol. The first-order chi connectivity index (χ1) is 10.3. The quantitative estimate of drug-likeness (QED) is 0.828. The molecule has 3 unspecified atom stereocenters. The fraction of sp³-hybridized carbons (Fsp3) is 0.941. The van der Waals surface area contributed by atoms with E-state index < -0.39 is 0 Å². The maximum atomic E-state index is 12.4. The standard InChI is InChI=1S/C17H31N3O/c21-17(19-9-12-20-10-7-18-8-11-20)16-6-5-14-3-1-2-4-15(14)13-16/h14-16,18H,1-13H2,(H,19,21). The number of fused-ring (bicyclic) bond motifs is 1. The fourth-order valence-corrected chi connectivity index (χ4v) is 4.53. The molecule has 4 heteroatoms. The predicted molar refractivity (Wildman–Crippen MR) is 85.1 cm³/mol. The van der Waals surface area contributed by atoms with E-state index in [1.807, 2.05) is 0 Å². The van der Waals surface area contributed by atoms with Crippen LogP contribution < -0.4 is 10.6 Å². The van der Waals surface area contributed by atoms with Crippen molar-refractivity contribution in [2.24, 2.45) is 17.8 Å². The average Bonchev–Trinajstić information content (AvgIpc) is 2.55. The molecule has 0 bridgehead atoms. The number of rotatable bonds is 4. The monoisotopic (exact) mass is 293 g/mol. The van der Waals surface area contributed by atoms with Gasteiger partial charge in [-0.2, -0.15) is 0 Å². The summed E-state index contributed by atoms with van der Waals surface area (Å²) in [7, 11) is 0. The van der Waals surface area contributed by atoms with Gasteiger partial charge in [0, 0.05) is 45.2 Å². The van der Waals surface area contributed by atoms with E-state index in [9.17, 15) is 4.79 Å². The SMILES string of the molecule is O=C(NCCN1CCNCC1)C1CCC2CCCCC2C1. The van der Waals surface area contributed by atoms with Gasteiger partial charge in [-0.05, 0) is 31.1 Å². The molecule has 1 saturated heterocycles. The van der Waals surface area contributed by atoms with Crippen LogP contribution in [0.25, 0.3) is 0 Å². The second-order valence-corrected chi connectivity index (χ2v) is 7.20. The van der Waals surface area contributed by atoms with E-state index in [0.29, 0.717) is 11.8 Å². The Labute approximate surface area is 129 Å². The molecule has 0 aromatic heterocycles. The highest BCUT2D eigenvalue weighted by molar-refractivity contribution is 5.78. The van der Waals surface area contributed by atoms with E-state index in [4.69, 9.17) is 0 Å². The summed E-state index contributed by atoms with van der Waals surface area (Å²) >= 11 is 0. The highest BCUT2D eigenvalue weighted by Crippen LogP contribution is 2.42. The normalized spacial score (nSPS) is 34.2. The highest BCUT2D eigenvalue weighted by Gasteiger charge is 2.34. The minimum atomic E-state index is 0.298. The fourth-order valence-electron chi connectivity index (χ4n) is 4.53. The number of nitrogens with one attached hydrogen (secondary N) is 2. The molecule has 4 nitrogen and oxygen atoms in total. The summed E-state index contributed by atoms with van der Waals surface area (Å²) in [6.07, 6.45) is 9.17. The van der Waals surface area contributed by atoms with Crippen LogP contribution in [0.5, 0.6) is 0 Å². The molecule has 2 N–H and O–H groups in total. The molecule has 0 aromatic rings. The van der Waals surface area contributed by atoms with Crippen LogP contribution >= 0.6 is 0 Å². The molecule has 1 amide bonds. The number of piperazine rings is 1. The number of hydrogen-bond donors (Lipinski definition) is 2. The van der Waals surface area contributed by atoms with Crippen molar-refractivity contribution >= 4 is 5.91 Å². The van der Waals surface area contributed by atoms with Gasteiger partial charge >= 0.3 is 0 Å². The minimum absolute atomic E-state index is 0.298. The van der Waals surface area contributed by atoms with Gasteiger partial charge in [-0.15, -0.1) is 0 Å². The molecule has 2 saturated carbocycles. The van der Waals surface area contributed by atoms with Gasteiger partial charge in [0.1, 0.15) is 0 Å². The van der Waals surface area contributed by atoms with E-state index in [0.717, 1.165) is 63.9 Å². The Morgan fingerprint density at radius 3 is 2.62 bits per heavy atom. The van der Waals surface area contributed by atoms with Crippen molar-refractivity contribution in [3.63, 3.8) is 0 Å². The van der Waals surface area contributed by atoms with Crippen LogP contribution in [-0.2, 0) is 4.79 Å². The predicted octanol–water partition coefficient (Wildman–Crippen LogP) is 1.61. The van der Waals surface area contributed by atoms with E-state index >= 15 is 0 Å². The van der Waals surface area contributed by atoms with Gasteiger partial charge in [0.25, 0.3) is 0 Å². The van der Waals surface area contributed by atoms with Crippen LogP contribution in [0.3, 0.4) is 0 Å². The Morgan fingerprint density at radius 2 is 1.81 bits per heavy atom. The number of nitrogens with zero attached hydrogens (tertiary/aromatic N) is 1. The topological polar surface area (TPSA) is 44.4 Å². The Hall–Kier alpha value is -0.610. The van der Waals surface area contributed by atoms with Gasteiger partial charge in [0.2, 0.25) is 5.91 Å². The third kappa shape index (κ3) is 4.19. The molecule has 0 spiro atoms. The summed E-state index contributed by atoms with van der Waals surface area (Å²) in [5.41, 5.74) is 0. The third-order valence-corrected chi connectivity index (χ3v) is 5.85. The van der Waals surface area contributed by atoms with Gasteiger partial charge in [-0.25, -0.2) is 0 Å². The van der Waals surface area contributed by atoms with Crippen molar-refractivity contribution in [2.45, 2.75) is 44.9 Å². The van der Waals surface area contributed by atoms with Crippen LogP contribution in [0.15, 0.2) is 0 Å². The first kappa shape index (κ1) is 15.3. The molecule has 3 fully saturated rings. The number of carbonyl (C=O) groups is 1. The maximum absolute atomic E-state index is 12.4. The second kappa shape index (κ2) is 7.59. The van der Waals surface area contributed by atoms with E-state index in [1.165, 1.54) is 32.1 Å². The van der Waals surface area contributed by atoms with E-state index in [-0.39, 0.29) is 0 Å². The van der Waals surface area contributed by atoms with Gasteiger partial charge in [0.05, 0.1) is 0 Å². The molecule has 1 heterocycles. The van der Waals surface area contributed by atoms with Crippen LogP contribution in [0.4, 0.5) is 0 Å². The summed E-state index contributed by atoms with van der Waals surface area (Å²) < 4.78 is 0. The number of hydrogen-bond acceptors (Lipinski definition) is 3. The zero-order valence-electron chi connectivity index (χ0n) is 13.3. The van der Waals surface area contributed by atoms with Crippen molar-refractivity contribution in [3.05, 3.63) is 0 Å². The average molecular weight is 293 g/mol. The summed E-state index contributed by atoms with van der Waals surface area (Å²) in [4.78, 5) is 14.8. The van der Waals surface area contributed by atoms with Crippen LogP contribution in [0, 0.1) is 17.8 Å². The van der Waals surface area contributed by atoms with E-state index in [1.54, 1.807) is 0 Å². The molecule has 1 aliphatic heterocycles. The lowest BCUT2D eigenvalue weighted by Crippen LogP contribution is -2.47. The van der Waals surface area contributed by atoms with Crippen molar-refractivity contribution in [3.8, 4) is 0 Å². The molecule has 120 valence electrons. The molecule has 0 radical (unpaired) electrons. The summed E-state index contributed by atoms with van der Waals surface area (Å²) in [6, 6.07) is 0. The Balaban J connectivity index is 1.37. The largest absolute Gasteiger partial charge is 0.355 e. The Morgan fingerprint density at radius 1 is 1.05 bits per heavy atom. The molecule has 0 aromatic carbocycles. The van der Waals surface area contributed by atoms with Crippen molar-refractivity contribution < 1.29 is 4.79 Å². The summed E-state index contributed by atoms with van der Waals surface area (Å²) in [5.74, 6) is 2.40. The molecule has 2 aliphatic carbocycles. The van der Waals surface area contributed by atoms with Crippen molar-refractivity contribution in [1.29, 1.82) is 0 Å². The van der Waals surface area contributed by atoms with Crippen LogP contribution in [0.1, 0.15) is 44.9 Å². The number of carbonyl (C=O) groups excluding carboxylic acids is 1. The molecular formula is C17H31N3O. The maximum Gasteiger partial charge on any atom is 0.223 e. The minimum Gasteiger partial charge on any atom is -0.355 e. The highest BCUT2D eigenvalue weighted by atomic mass is 16.1. The summed E-state index contributed by atoms with van der Waals surface area (Å²) in [6.45, 7) is 6.22. The zero-order chi connectivity index (χ0) is 14.5. The van der Waals surface area contributed by atoms with Gasteiger partial charge < -0.3 is 10.6 Å². The molecule has 3 rings (SSSR count). The zero-order valence-corrected chi connectivity index (χ0v) is 13.3. The molecule has 3 aliphatic rings. The lowest BCUT2D eigenvalue weighted by Gasteiger charge is -2.38. The Kier molecular flexibility index (Phi) is 5.53. The summed E-state index contributed by atoms with van der Waals surface area (Å²) in [5, 5.41) is 6.56. The van der Waals surface area contributed by atoms with Gasteiger partial charge in [0.15, 0.2) is 0 Å². The van der Waals surface area contributed by atoms with Crippen LogP contribution in [0.2, 0.25) is 0 Å². The van der Waals surface area contributed by atoms with Gasteiger partial charge in [-0.1, -0.05) is 25.7 Å². The van der Waals surface area contributed by atoms with E-state index in [2.05, 4.69) is 15.5 Å². The van der Waals surface area contributed by atoms with Gasteiger partial charge in [-0.3, -0.25) is 9.69 Å².